The molecule has 0 aliphatic rings. The first-order chi connectivity index (χ1) is 10.7. The first kappa shape index (κ1) is 14.1. The molecule has 3 aromatic rings. The highest BCUT2D eigenvalue weighted by molar-refractivity contribution is 6.15. The van der Waals surface area contributed by atoms with Gasteiger partial charge in [0.25, 0.3) is 0 Å². The highest BCUT2D eigenvalue weighted by Gasteiger charge is 2.14. The molecule has 110 valence electrons. The van der Waals surface area contributed by atoms with E-state index in [0.29, 0.717) is 11.4 Å². The highest BCUT2D eigenvalue weighted by atomic mass is 16.3. The second-order valence-electron chi connectivity index (χ2n) is 4.91. The molecule has 0 saturated carbocycles. The second-order valence-corrected chi connectivity index (χ2v) is 4.91. The van der Waals surface area contributed by atoms with Gasteiger partial charge in [-0.05, 0) is 18.6 Å². The Hall–Kier alpha value is -2.88. The Labute approximate surface area is 129 Å². The van der Waals surface area contributed by atoms with E-state index in [2.05, 4.69) is 9.98 Å². The molecule has 2 N–H and O–H groups in total. The minimum Gasteiger partial charge on any atom is -0.452 e. The number of aliphatic imine (C=N–C) groups is 1. The van der Waals surface area contributed by atoms with Crippen LogP contribution in [0.2, 0.25) is 0 Å². The Balaban J connectivity index is 2.25. The number of rotatable bonds is 3. The standard InChI is InChI=1S/C18H17N3O/c1-3-12(10-20-2)15-11-21-18(19)17-14(15)9-16(22-17)13-7-5-4-6-8-13/h3-11H,1-2H3,(H2,19,21)/b12-3+,20-10?. The molecular formula is C18H17N3O. The average Bonchev–Trinajstić information content (AvgIpc) is 3.00. The molecule has 3 rings (SSSR count). The summed E-state index contributed by atoms with van der Waals surface area (Å²) < 4.78 is 5.94. The summed E-state index contributed by atoms with van der Waals surface area (Å²) in [6, 6.07) is 11.9. The first-order valence-corrected chi connectivity index (χ1v) is 7.07. The lowest BCUT2D eigenvalue weighted by atomic mass is 10.0. The van der Waals surface area contributed by atoms with Crippen LogP contribution in [0.3, 0.4) is 0 Å². The van der Waals surface area contributed by atoms with Gasteiger partial charge in [-0.25, -0.2) is 4.98 Å². The van der Waals surface area contributed by atoms with Crippen molar-refractivity contribution in [3.8, 4) is 11.3 Å². The van der Waals surface area contributed by atoms with E-state index in [-0.39, 0.29) is 0 Å². The van der Waals surface area contributed by atoms with Gasteiger partial charge in [-0.3, -0.25) is 4.99 Å². The van der Waals surface area contributed by atoms with Gasteiger partial charge >= 0.3 is 0 Å². The van der Waals surface area contributed by atoms with Crippen LogP contribution >= 0.6 is 0 Å². The topological polar surface area (TPSA) is 64.4 Å². The van der Waals surface area contributed by atoms with Crippen molar-refractivity contribution >= 4 is 28.6 Å². The van der Waals surface area contributed by atoms with E-state index in [0.717, 1.165) is 27.8 Å². The van der Waals surface area contributed by atoms with Crippen LogP contribution in [-0.2, 0) is 0 Å². The normalized spacial score (nSPS) is 12.4. The number of aromatic nitrogens is 1. The van der Waals surface area contributed by atoms with Crippen LogP contribution in [0.5, 0.6) is 0 Å². The number of fused-ring (bicyclic) bond motifs is 1. The van der Waals surface area contributed by atoms with Crippen molar-refractivity contribution in [2.75, 3.05) is 12.8 Å². The summed E-state index contributed by atoms with van der Waals surface area (Å²) in [6.45, 7) is 1.97. The Bertz CT molecular complexity index is 861. The maximum Gasteiger partial charge on any atom is 0.177 e. The summed E-state index contributed by atoms with van der Waals surface area (Å²) in [5.41, 5.74) is 9.54. The molecule has 2 heterocycles. The van der Waals surface area contributed by atoms with E-state index in [4.69, 9.17) is 10.2 Å². The second kappa shape index (κ2) is 5.85. The lowest BCUT2D eigenvalue weighted by Gasteiger charge is -2.03. The van der Waals surface area contributed by atoms with E-state index in [9.17, 15) is 0 Å². The summed E-state index contributed by atoms with van der Waals surface area (Å²) in [6.07, 6.45) is 5.57. The average molecular weight is 291 g/mol. The van der Waals surface area contributed by atoms with Gasteiger partial charge in [-0.1, -0.05) is 36.4 Å². The molecule has 0 bridgehead atoms. The van der Waals surface area contributed by atoms with Crippen molar-refractivity contribution in [3.05, 3.63) is 54.2 Å². The number of pyridine rings is 1. The van der Waals surface area contributed by atoms with Crippen molar-refractivity contribution in [1.29, 1.82) is 0 Å². The molecule has 0 fully saturated rings. The number of nitrogen functional groups attached to an aromatic ring is 1. The predicted molar refractivity (Wildman–Crippen MR) is 91.9 cm³/mol. The minimum atomic E-state index is 0.393. The van der Waals surface area contributed by atoms with Crippen LogP contribution in [0, 0.1) is 0 Å². The molecule has 0 saturated heterocycles. The van der Waals surface area contributed by atoms with Gasteiger partial charge < -0.3 is 10.2 Å². The van der Waals surface area contributed by atoms with Gasteiger partial charge in [-0.15, -0.1) is 0 Å². The van der Waals surface area contributed by atoms with Crippen LogP contribution in [-0.4, -0.2) is 18.2 Å². The quantitative estimate of drug-likeness (QED) is 0.736. The molecule has 4 nitrogen and oxygen atoms in total. The largest absolute Gasteiger partial charge is 0.452 e. The number of nitrogens with zero attached hydrogens (tertiary/aromatic N) is 2. The maximum absolute atomic E-state index is 5.97. The zero-order valence-corrected chi connectivity index (χ0v) is 12.6. The molecule has 0 aliphatic carbocycles. The molecular weight excluding hydrogens is 274 g/mol. The molecule has 0 spiro atoms. The molecule has 0 amide bonds. The Morgan fingerprint density at radius 3 is 2.73 bits per heavy atom. The maximum atomic E-state index is 5.97. The van der Waals surface area contributed by atoms with Crippen molar-refractivity contribution < 1.29 is 4.42 Å². The van der Waals surface area contributed by atoms with Gasteiger partial charge in [0.2, 0.25) is 0 Å². The number of hydrogen-bond acceptors (Lipinski definition) is 4. The molecule has 4 heteroatoms. The van der Waals surface area contributed by atoms with Gasteiger partial charge in [0.05, 0.1) is 0 Å². The monoisotopic (exact) mass is 291 g/mol. The third-order valence-electron chi connectivity index (χ3n) is 3.54. The molecule has 1 aromatic carbocycles. The molecule has 0 unspecified atom stereocenters. The summed E-state index contributed by atoms with van der Waals surface area (Å²) >= 11 is 0. The first-order valence-electron chi connectivity index (χ1n) is 7.07. The van der Waals surface area contributed by atoms with Crippen LogP contribution in [0.1, 0.15) is 12.5 Å². The van der Waals surface area contributed by atoms with Crippen LogP contribution in [0.25, 0.3) is 27.9 Å². The van der Waals surface area contributed by atoms with E-state index in [1.807, 2.05) is 55.6 Å². The lowest BCUT2D eigenvalue weighted by molar-refractivity contribution is 0.631. The van der Waals surface area contributed by atoms with Crippen molar-refractivity contribution in [3.63, 3.8) is 0 Å². The Morgan fingerprint density at radius 1 is 1.27 bits per heavy atom. The third-order valence-corrected chi connectivity index (χ3v) is 3.54. The zero-order chi connectivity index (χ0) is 15.5. The number of anilines is 1. The van der Waals surface area contributed by atoms with Gasteiger partial charge in [0, 0.05) is 36.0 Å². The SMILES string of the molecule is C/C=C(\C=NC)c1cnc(N)c2oc(-c3ccccc3)cc12. The molecule has 0 atom stereocenters. The Morgan fingerprint density at radius 2 is 2.05 bits per heavy atom. The summed E-state index contributed by atoms with van der Waals surface area (Å²) in [5.74, 6) is 1.17. The van der Waals surface area contributed by atoms with Crippen LogP contribution < -0.4 is 5.73 Å². The number of allylic oxidation sites excluding steroid dienone is 2. The number of benzene rings is 1. The van der Waals surface area contributed by atoms with Crippen molar-refractivity contribution in [1.82, 2.24) is 4.98 Å². The van der Waals surface area contributed by atoms with E-state index < -0.39 is 0 Å². The minimum absolute atomic E-state index is 0.393. The fourth-order valence-corrected chi connectivity index (χ4v) is 2.46. The molecule has 0 aliphatic heterocycles. The number of furan rings is 1. The number of hydrogen-bond donors (Lipinski definition) is 1. The van der Waals surface area contributed by atoms with E-state index in [1.165, 1.54) is 0 Å². The Kier molecular flexibility index (Phi) is 3.74. The summed E-state index contributed by atoms with van der Waals surface area (Å²) in [5, 5.41) is 0.944. The van der Waals surface area contributed by atoms with Gasteiger partial charge in [0.15, 0.2) is 11.4 Å². The van der Waals surface area contributed by atoms with Crippen LogP contribution in [0.4, 0.5) is 5.82 Å². The summed E-state index contributed by atoms with van der Waals surface area (Å²) in [7, 11) is 1.75. The van der Waals surface area contributed by atoms with E-state index >= 15 is 0 Å². The molecule has 0 radical (unpaired) electrons. The highest BCUT2D eigenvalue weighted by Crippen LogP contribution is 2.34. The van der Waals surface area contributed by atoms with Crippen molar-refractivity contribution in [2.45, 2.75) is 6.92 Å². The van der Waals surface area contributed by atoms with Gasteiger partial charge in [0.1, 0.15) is 5.76 Å². The zero-order valence-electron chi connectivity index (χ0n) is 12.6. The fourth-order valence-electron chi connectivity index (χ4n) is 2.46. The molecule has 22 heavy (non-hydrogen) atoms. The molecule has 2 aromatic heterocycles. The summed E-state index contributed by atoms with van der Waals surface area (Å²) in [4.78, 5) is 8.34. The van der Waals surface area contributed by atoms with E-state index in [1.54, 1.807) is 13.2 Å². The fraction of sp³-hybridized carbons (Fsp3) is 0.111. The third kappa shape index (κ3) is 2.39. The lowest BCUT2D eigenvalue weighted by Crippen LogP contribution is -1.94. The van der Waals surface area contributed by atoms with Crippen molar-refractivity contribution in [2.24, 2.45) is 4.99 Å². The van der Waals surface area contributed by atoms with Crippen LogP contribution in [0.15, 0.2) is 58.1 Å². The van der Waals surface area contributed by atoms with Gasteiger partial charge in [-0.2, -0.15) is 0 Å². The smallest absolute Gasteiger partial charge is 0.177 e. The number of nitrogens with two attached hydrogens (primary N) is 1. The predicted octanol–water partition coefficient (Wildman–Crippen LogP) is 4.18.